The van der Waals surface area contributed by atoms with Crippen molar-refractivity contribution in [3.05, 3.63) is 55.8 Å². The van der Waals surface area contributed by atoms with Crippen molar-refractivity contribution >= 4 is 39.0 Å². The number of aromatic hydroxyl groups is 1. The molecule has 0 unspecified atom stereocenters. The molecule has 0 spiro atoms. The number of nitro benzene ring substituents is 1. The molecule has 0 aliphatic heterocycles. The van der Waals surface area contributed by atoms with Crippen molar-refractivity contribution in [2.75, 3.05) is 11.9 Å². The Hall–Kier alpha value is -3.27. The fourth-order valence-electron chi connectivity index (χ4n) is 2.53. The highest BCUT2D eigenvalue weighted by atomic mass is 32.1. The number of pyridine rings is 1. The molecule has 2 heterocycles. The normalized spacial score (nSPS) is 10.8. The molecule has 9 nitrogen and oxygen atoms in total. The van der Waals surface area contributed by atoms with Crippen LogP contribution in [0.1, 0.15) is 10.4 Å². The fraction of sp³-hybridized carbons (Fsp3) is 0.133. The molecule has 25 heavy (non-hydrogen) atoms. The molecule has 3 rings (SSSR count). The maximum absolute atomic E-state index is 12.7. The molecule has 0 atom stereocenters. The summed E-state index contributed by atoms with van der Waals surface area (Å²) in [5, 5.41) is 23.6. The number of rotatable bonds is 3. The van der Waals surface area contributed by atoms with Gasteiger partial charge in [-0.25, -0.2) is 4.98 Å². The third-order valence-electron chi connectivity index (χ3n) is 3.80. The van der Waals surface area contributed by atoms with Gasteiger partial charge in [-0.2, -0.15) is 0 Å². The predicted octanol–water partition coefficient (Wildman–Crippen LogP) is 1.89. The summed E-state index contributed by atoms with van der Waals surface area (Å²) in [5.41, 5.74) is -1.53. The number of aryl methyl sites for hydroxylation is 1. The van der Waals surface area contributed by atoms with E-state index in [4.69, 9.17) is 0 Å². The van der Waals surface area contributed by atoms with Gasteiger partial charge in [-0.1, -0.05) is 6.07 Å². The SMILES string of the molecule is CN(C(=O)c1c(O)c2c([N+](=O)[O-])cccc2n(C)c1=O)c1nccs1. The minimum absolute atomic E-state index is 0.158. The number of amides is 1. The van der Waals surface area contributed by atoms with Crippen LogP contribution in [0.25, 0.3) is 10.9 Å². The number of fused-ring (bicyclic) bond motifs is 1. The number of nitrogens with zero attached hydrogens (tertiary/aromatic N) is 4. The zero-order valence-electron chi connectivity index (χ0n) is 13.2. The molecule has 1 N–H and O–H groups in total. The van der Waals surface area contributed by atoms with Crippen molar-refractivity contribution in [1.29, 1.82) is 0 Å². The second kappa shape index (κ2) is 5.98. The zero-order chi connectivity index (χ0) is 18.3. The molecule has 3 aromatic rings. The predicted molar refractivity (Wildman–Crippen MR) is 92.4 cm³/mol. The van der Waals surface area contributed by atoms with Crippen molar-refractivity contribution in [1.82, 2.24) is 9.55 Å². The van der Waals surface area contributed by atoms with E-state index < -0.39 is 33.4 Å². The number of anilines is 1. The lowest BCUT2D eigenvalue weighted by Crippen LogP contribution is -2.34. The third-order valence-corrected chi connectivity index (χ3v) is 4.64. The largest absolute Gasteiger partial charge is 0.506 e. The molecule has 0 aliphatic carbocycles. The molecule has 0 saturated carbocycles. The molecule has 0 saturated heterocycles. The molecule has 1 amide bonds. The number of non-ortho nitro benzene ring substituents is 1. The smallest absolute Gasteiger partial charge is 0.282 e. The van der Waals surface area contributed by atoms with Gasteiger partial charge < -0.3 is 9.67 Å². The number of nitro groups is 1. The first-order valence-corrected chi connectivity index (χ1v) is 7.89. The Morgan fingerprint density at radius 3 is 2.76 bits per heavy atom. The summed E-state index contributed by atoms with van der Waals surface area (Å²) in [4.78, 5) is 41.0. The number of hydrogen-bond acceptors (Lipinski definition) is 7. The van der Waals surface area contributed by atoms with E-state index in [0.717, 1.165) is 9.47 Å². The van der Waals surface area contributed by atoms with E-state index in [-0.39, 0.29) is 10.9 Å². The third kappa shape index (κ3) is 2.52. The summed E-state index contributed by atoms with van der Waals surface area (Å²) in [6, 6.07) is 4.07. The summed E-state index contributed by atoms with van der Waals surface area (Å²) < 4.78 is 1.10. The highest BCUT2D eigenvalue weighted by molar-refractivity contribution is 7.13. The summed E-state index contributed by atoms with van der Waals surface area (Å²) in [7, 11) is 2.79. The number of hydrogen-bond donors (Lipinski definition) is 1. The van der Waals surface area contributed by atoms with Crippen LogP contribution in [-0.4, -0.2) is 32.5 Å². The van der Waals surface area contributed by atoms with Crippen LogP contribution in [0.3, 0.4) is 0 Å². The van der Waals surface area contributed by atoms with Gasteiger partial charge >= 0.3 is 0 Å². The highest BCUT2D eigenvalue weighted by Crippen LogP contribution is 2.34. The Morgan fingerprint density at radius 1 is 1.44 bits per heavy atom. The van der Waals surface area contributed by atoms with Gasteiger partial charge in [0.15, 0.2) is 5.13 Å². The second-order valence-corrected chi connectivity index (χ2v) is 6.07. The minimum atomic E-state index is -0.798. The minimum Gasteiger partial charge on any atom is -0.506 e. The van der Waals surface area contributed by atoms with Crippen LogP contribution < -0.4 is 10.5 Å². The van der Waals surface area contributed by atoms with E-state index >= 15 is 0 Å². The molecule has 0 radical (unpaired) electrons. The fourth-order valence-corrected chi connectivity index (χ4v) is 3.14. The Balaban J connectivity index is 2.33. The lowest BCUT2D eigenvalue weighted by molar-refractivity contribution is -0.383. The quantitative estimate of drug-likeness (QED) is 0.563. The molecular formula is C15H12N4O5S. The standard InChI is InChI=1S/C15H12N4O5S/c1-17-8-4-3-5-9(19(23)24)10(8)12(20)11(13(17)21)14(22)18(2)15-16-6-7-25-15/h3-7,20H,1-2H3. The Kier molecular flexibility index (Phi) is 3.97. The maximum Gasteiger partial charge on any atom is 0.282 e. The monoisotopic (exact) mass is 360 g/mol. The van der Waals surface area contributed by atoms with Crippen LogP contribution in [0.2, 0.25) is 0 Å². The number of carbonyl (C=O) groups excluding carboxylic acids is 1. The van der Waals surface area contributed by atoms with E-state index in [1.54, 1.807) is 5.38 Å². The number of benzene rings is 1. The Bertz CT molecular complexity index is 1060. The Morgan fingerprint density at radius 2 is 2.16 bits per heavy atom. The van der Waals surface area contributed by atoms with Crippen LogP contribution in [0.15, 0.2) is 34.6 Å². The molecular weight excluding hydrogens is 348 g/mol. The molecule has 128 valence electrons. The molecule has 2 aromatic heterocycles. The lowest BCUT2D eigenvalue weighted by atomic mass is 10.1. The van der Waals surface area contributed by atoms with Gasteiger partial charge in [-0.05, 0) is 6.07 Å². The average molecular weight is 360 g/mol. The molecule has 0 fully saturated rings. The van der Waals surface area contributed by atoms with Gasteiger partial charge in [0.05, 0.1) is 10.4 Å². The van der Waals surface area contributed by atoms with E-state index in [1.807, 2.05) is 0 Å². The van der Waals surface area contributed by atoms with Gasteiger partial charge in [0.2, 0.25) is 0 Å². The van der Waals surface area contributed by atoms with Gasteiger partial charge in [0.25, 0.3) is 17.2 Å². The number of thiazole rings is 1. The molecule has 0 aliphatic rings. The maximum atomic E-state index is 12.7. The van der Waals surface area contributed by atoms with Crippen molar-refractivity contribution in [2.45, 2.75) is 0 Å². The van der Waals surface area contributed by atoms with Crippen LogP contribution in [0.5, 0.6) is 5.75 Å². The molecule has 0 bridgehead atoms. The van der Waals surface area contributed by atoms with E-state index in [1.165, 1.54) is 49.8 Å². The first-order chi connectivity index (χ1) is 11.8. The van der Waals surface area contributed by atoms with Crippen molar-refractivity contribution in [2.24, 2.45) is 7.05 Å². The second-order valence-electron chi connectivity index (χ2n) is 5.19. The van der Waals surface area contributed by atoms with Crippen LogP contribution in [0, 0.1) is 10.1 Å². The van der Waals surface area contributed by atoms with Crippen LogP contribution in [0.4, 0.5) is 10.8 Å². The van der Waals surface area contributed by atoms with E-state index in [2.05, 4.69) is 4.98 Å². The van der Waals surface area contributed by atoms with Crippen LogP contribution >= 0.6 is 11.3 Å². The first kappa shape index (κ1) is 16.6. The molecule has 1 aromatic carbocycles. The van der Waals surface area contributed by atoms with Crippen molar-refractivity contribution < 1.29 is 14.8 Å². The summed E-state index contributed by atoms with van der Waals surface area (Å²) in [6.07, 6.45) is 1.49. The van der Waals surface area contributed by atoms with Crippen molar-refractivity contribution in [3.63, 3.8) is 0 Å². The average Bonchev–Trinajstić information content (AvgIpc) is 3.13. The van der Waals surface area contributed by atoms with Gasteiger partial charge in [-0.3, -0.25) is 24.6 Å². The van der Waals surface area contributed by atoms with E-state index in [9.17, 15) is 24.8 Å². The van der Waals surface area contributed by atoms with Crippen LogP contribution in [-0.2, 0) is 7.05 Å². The highest BCUT2D eigenvalue weighted by Gasteiger charge is 2.28. The van der Waals surface area contributed by atoms with Crippen molar-refractivity contribution in [3.8, 4) is 5.75 Å². The summed E-state index contributed by atoms with van der Waals surface area (Å²) in [6.45, 7) is 0. The Labute approximate surface area is 144 Å². The van der Waals surface area contributed by atoms with E-state index in [0.29, 0.717) is 5.13 Å². The summed E-state index contributed by atoms with van der Waals surface area (Å²) >= 11 is 1.18. The zero-order valence-corrected chi connectivity index (χ0v) is 14.0. The number of aromatic nitrogens is 2. The molecule has 10 heteroatoms. The van der Waals surface area contributed by atoms with Gasteiger partial charge in [-0.15, -0.1) is 11.3 Å². The first-order valence-electron chi connectivity index (χ1n) is 7.01. The van der Waals surface area contributed by atoms with Gasteiger partial charge in [0.1, 0.15) is 16.7 Å². The topological polar surface area (TPSA) is 119 Å². The summed E-state index contributed by atoms with van der Waals surface area (Å²) in [5.74, 6) is -1.51. The lowest BCUT2D eigenvalue weighted by Gasteiger charge is -2.16. The number of carbonyl (C=O) groups is 1. The van der Waals surface area contributed by atoms with Gasteiger partial charge in [0, 0.05) is 31.7 Å².